The predicted molar refractivity (Wildman–Crippen MR) is 127 cm³/mol. The summed E-state index contributed by atoms with van der Waals surface area (Å²) < 4.78 is 5.22. The van der Waals surface area contributed by atoms with Crippen LogP contribution in [0.15, 0.2) is 97.1 Å². The molecule has 0 aliphatic heterocycles. The lowest BCUT2D eigenvalue weighted by molar-refractivity contribution is 0.453. The molecule has 0 unspecified atom stereocenters. The molecule has 0 aromatic heterocycles. The summed E-state index contributed by atoms with van der Waals surface area (Å²) in [7, 11) is 0.729. The smallest absolute Gasteiger partial charge is 0.537 e. The van der Waals surface area contributed by atoms with Gasteiger partial charge >= 0.3 is 7.69 Å². The Bertz CT molecular complexity index is 1180. The topological polar surface area (TPSA) is 32.7 Å². The van der Waals surface area contributed by atoms with Crippen LogP contribution in [0.3, 0.4) is 0 Å². The van der Waals surface area contributed by atoms with E-state index in [0.717, 1.165) is 24.7 Å². The summed E-state index contributed by atoms with van der Waals surface area (Å²) in [4.78, 5) is 2.29. The van der Waals surface area contributed by atoms with Crippen molar-refractivity contribution in [3.8, 4) is 16.9 Å². The highest BCUT2D eigenvalue weighted by molar-refractivity contribution is 6.17. The van der Waals surface area contributed by atoms with Crippen LogP contribution in [0.5, 0.6) is 5.75 Å². The van der Waals surface area contributed by atoms with Crippen LogP contribution in [0.4, 0.5) is 17.1 Å². The number of hydrogen-bond donors (Lipinski definition) is 1. The molecule has 0 fully saturated rings. The van der Waals surface area contributed by atoms with Crippen LogP contribution < -0.4 is 9.55 Å². The molecule has 4 aromatic rings. The Morgan fingerprint density at radius 1 is 0.677 bits per heavy atom. The summed E-state index contributed by atoms with van der Waals surface area (Å²) in [5.74, 6) is 0.637. The standard InChI is InChI=1S/C27H23BNO2/c1-27(2)25-17-21(13-15-23(25)24-16-14-22(31-28-30)18-26(24)27)29(19-9-5-3-6-10-19)20-11-7-4-8-12-20/h3-18,30H,1-2H3. The number of rotatable bonds is 5. The van der Waals surface area contributed by atoms with E-state index < -0.39 is 0 Å². The molecule has 0 saturated carbocycles. The maximum atomic E-state index is 9.03. The summed E-state index contributed by atoms with van der Waals surface area (Å²) in [6.45, 7) is 4.48. The number of anilines is 3. The summed E-state index contributed by atoms with van der Waals surface area (Å²) in [6, 6.07) is 33.6. The van der Waals surface area contributed by atoms with Gasteiger partial charge in [0.2, 0.25) is 0 Å². The first-order valence-corrected chi connectivity index (χ1v) is 10.4. The first-order chi connectivity index (χ1) is 15.1. The maximum absolute atomic E-state index is 9.03. The highest BCUT2D eigenvalue weighted by Gasteiger charge is 2.36. The zero-order chi connectivity index (χ0) is 21.4. The van der Waals surface area contributed by atoms with Crippen LogP contribution in [-0.4, -0.2) is 12.7 Å². The first kappa shape index (κ1) is 19.5. The molecule has 0 amide bonds. The molecule has 5 rings (SSSR count). The van der Waals surface area contributed by atoms with Crippen molar-refractivity contribution in [3.63, 3.8) is 0 Å². The van der Waals surface area contributed by atoms with E-state index in [1.807, 2.05) is 24.3 Å². The van der Waals surface area contributed by atoms with Gasteiger partial charge < -0.3 is 14.6 Å². The Hall–Kier alpha value is -3.50. The minimum Gasteiger partial charge on any atom is -0.537 e. The van der Waals surface area contributed by atoms with Gasteiger partial charge in [-0.1, -0.05) is 62.4 Å². The lowest BCUT2D eigenvalue weighted by Crippen LogP contribution is -2.16. The zero-order valence-corrected chi connectivity index (χ0v) is 17.6. The molecule has 0 heterocycles. The van der Waals surface area contributed by atoms with Gasteiger partial charge in [-0.15, -0.1) is 0 Å². The summed E-state index contributed by atoms with van der Waals surface area (Å²) in [6.07, 6.45) is 0. The maximum Gasteiger partial charge on any atom is 0.569 e. The highest BCUT2D eigenvalue weighted by Crippen LogP contribution is 2.51. The highest BCUT2D eigenvalue weighted by atomic mass is 16.5. The molecule has 1 radical (unpaired) electrons. The van der Waals surface area contributed by atoms with Crippen LogP contribution >= 0.6 is 0 Å². The molecule has 151 valence electrons. The fourth-order valence-electron chi connectivity index (χ4n) is 4.58. The Labute approximate surface area is 183 Å². The minimum atomic E-state index is -0.186. The lowest BCUT2D eigenvalue weighted by Gasteiger charge is -2.28. The molecule has 1 aliphatic carbocycles. The van der Waals surface area contributed by atoms with E-state index in [-0.39, 0.29) is 5.41 Å². The summed E-state index contributed by atoms with van der Waals surface area (Å²) >= 11 is 0. The molecule has 1 N–H and O–H groups in total. The Morgan fingerprint density at radius 3 is 1.81 bits per heavy atom. The van der Waals surface area contributed by atoms with Gasteiger partial charge in [-0.05, 0) is 70.8 Å². The van der Waals surface area contributed by atoms with Gasteiger partial charge in [0.05, 0.1) is 0 Å². The lowest BCUT2D eigenvalue weighted by atomic mass is 9.82. The zero-order valence-electron chi connectivity index (χ0n) is 17.6. The largest absolute Gasteiger partial charge is 0.569 e. The Balaban J connectivity index is 1.65. The van der Waals surface area contributed by atoms with E-state index in [0.29, 0.717) is 5.75 Å². The van der Waals surface area contributed by atoms with Gasteiger partial charge in [-0.2, -0.15) is 0 Å². The van der Waals surface area contributed by atoms with Crippen LogP contribution in [0.2, 0.25) is 0 Å². The van der Waals surface area contributed by atoms with Gasteiger partial charge in [0.1, 0.15) is 5.75 Å². The molecule has 0 spiro atoms. The van der Waals surface area contributed by atoms with Gasteiger partial charge in [0.25, 0.3) is 0 Å². The van der Waals surface area contributed by atoms with Gasteiger partial charge in [-0.25, -0.2) is 0 Å². The first-order valence-electron chi connectivity index (χ1n) is 10.4. The molecule has 4 aromatic carbocycles. The Morgan fingerprint density at radius 2 is 1.23 bits per heavy atom. The third-order valence-electron chi connectivity index (χ3n) is 6.11. The summed E-state index contributed by atoms with van der Waals surface area (Å²) in [5.41, 5.74) is 8.11. The van der Waals surface area contributed by atoms with Crippen molar-refractivity contribution in [1.82, 2.24) is 0 Å². The number of hydrogen-bond acceptors (Lipinski definition) is 3. The average Bonchev–Trinajstić information content (AvgIpc) is 3.02. The number of para-hydroxylation sites is 2. The van der Waals surface area contributed by atoms with Crippen molar-refractivity contribution in [1.29, 1.82) is 0 Å². The molecule has 4 heteroatoms. The third kappa shape index (κ3) is 3.29. The van der Waals surface area contributed by atoms with Gasteiger partial charge in [-0.3, -0.25) is 0 Å². The molecule has 0 saturated heterocycles. The fraction of sp³-hybridized carbons (Fsp3) is 0.111. The van der Waals surface area contributed by atoms with E-state index in [4.69, 9.17) is 9.68 Å². The van der Waals surface area contributed by atoms with Crippen LogP contribution in [-0.2, 0) is 5.41 Å². The second-order valence-electron chi connectivity index (χ2n) is 8.29. The van der Waals surface area contributed by atoms with Crippen LogP contribution in [0.1, 0.15) is 25.0 Å². The van der Waals surface area contributed by atoms with Crippen molar-refractivity contribution in [2.45, 2.75) is 19.3 Å². The quantitative estimate of drug-likeness (QED) is 0.393. The second kappa shape index (κ2) is 7.64. The third-order valence-corrected chi connectivity index (χ3v) is 6.11. The van der Waals surface area contributed by atoms with E-state index in [2.05, 4.69) is 91.5 Å². The van der Waals surface area contributed by atoms with E-state index in [1.165, 1.54) is 22.3 Å². The van der Waals surface area contributed by atoms with E-state index in [9.17, 15) is 0 Å². The van der Waals surface area contributed by atoms with Crippen LogP contribution in [0, 0.1) is 0 Å². The van der Waals surface area contributed by atoms with Crippen molar-refractivity contribution >= 4 is 24.7 Å². The van der Waals surface area contributed by atoms with Crippen LogP contribution in [0.25, 0.3) is 11.1 Å². The number of fused-ring (bicyclic) bond motifs is 3. The fourth-order valence-corrected chi connectivity index (χ4v) is 4.58. The van der Waals surface area contributed by atoms with Gasteiger partial charge in [0, 0.05) is 22.5 Å². The monoisotopic (exact) mass is 404 g/mol. The van der Waals surface area contributed by atoms with Crippen molar-refractivity contribution < 1.29 is 9.68 Å². The van der Waals surface area contributed by atoms with E-state index in [1.54, 1.807) is 0 Å². The Kier molecular flexibility index (Phi) is 4.80. The SMILES string of the molecule is CC1(C)c2cc(O[B]O)ccc2-c2ccc(N(c3ccccc3)c3ccccc3)cc21. The van der Waals surface area contributed by atoms with E-state index >= 15 is 0 Å². The number of benzene rings is 4. The van der Waals surface area contributed by atoms with Crippen molar-refractivity contribution in [2.24, 2.45) is 0 Å². The molecule has 0 bridgehead atoms. The molecular formula is C27H23BNO2. The molecule has 0 atom stereocenters. The van der Waals surface area contributed by atoms with Crippen molar-refractivity contribution in [2.75, 3.05) is 4.90 Å². The minimum absolute atomic E-state index is 0.186. The van der Waals surface area contributed by atoms with Crippen molar-refractivity contribution in [3.05, 3.63) is 108 Å². The normalized spacial score (nSPS) is 13.3. The predicted octanol–water partition coefficient (Wildman–Crippen LogP) is 6.37. The summed E-state index contributed by atoms with van der Waals surface area (Å²) in [5, 5.41) is 9.03. The molecule has 1 aliphatic rings. The molecule has 3 nitrogen and oxygen atoms in total. The average molecular weight is 404 g/mol. The van der Waals surface area contributed by atoms with Gasteiger partial charge in [0.15, 0.2) is 0 Å². The molecular weight excluding hydrogens is 381 g/mol. The molecule has 31 heavy (non-hydrogen) atoms. The number of nitrogens with zero attached hydrogens (tertiary/aromatic N) is 1. The second-order valence-corrected chi connectivity index (χ2v) is 8.29.